The Morgan fingerprint density at radius 2 is 2.05 bits per heavy atom. The van der Waals surface area contributed by atoms with Crippen molar-refractivity contribution in [3.8, 4) is 5.75 Å². The van der Waals surface area contributed by atoms with Gasteiger partial charge in [0.2, 0.25) is 5.91 Å². The van der Waals surface area contributed by atoms with Gasteiger partial charge in [0.1, 0.15) is 5.75 Å². The third-order valence-corrected chi connectivity index (χ3v) is 3.52. The van der Waals surface area contributed by atoms with E-state index >= 15 is 0 Å². The number of carbonyl (C=O) groups excluding carboxylic acids is 1. The van der Waals surface area contributed by atoms with Crippen LogP contribution < -0.4 is 10.1 Å². The highest BCUT2D eigenvalue weighted by Crippen LogP contribution is 2.20. The summed E-state index contributed by atoms with van der Waals surface area (Å²) in [5.41, 5.74) is 2.06. The lowest BCUT2D eigenvalue weighted by Crippen LogP contribution is -2.27. The third kappa shape index (κ3) is 5.08. The van der Waals surface area contributed by atoms with Crippen LogP contribution in [0.1, 0.15) is 37.8 Å². The van der Waals surface area contributed by atoms with Gasteiger partial charge in [-0.1, -0.05) is 38.3 Å². The topological polar surface area (TPSA) is 38.3 Å². The highest BCUT2D eigenvalue weighted by atomic mass is 16.5. The molecular weight excluding hydrogens is 250 g/mol. The molecule has 0 saturated carbocycles. The molecule has 0 aliphatic rings. The molecule has 0 bridgehead atoms. The van der Waals surface area contributed by atoms with Crippen molar-refractivity contribution in [3.05, 3.63) is 35.4 Å². The van der Waals surface area contributed by atoms with E-state index in [4.69, 9.17) is 4.74 Å². The predicted molar refractivity (Wildman–Crippen MR) is 83.8 cm³/mol. The molecule has 0 spiro atoms. The van der Waals surface area contributed by atoms with Crippen LogP contribution in [0.4, 0.5) is 0 Å². The summed E-state index contributed by atoms with van der Waals surface area (Å²) in [6.45, 7) is 7.05. The van der Waals surface area contributed by atoms with E-state index in [9.17, 15) is 4.79 Å². The van der Waals surface area contributed by atoms with Gasteiger partial charge in [-0.25, -0.2) is 0 Å². The average molecular weight is 275 g/mol. The highest BCUT2D eigenvalue weighted by Gasteiger charge is 2.05. The van der Waals surface area contributed by atoms with Crippen molar-refractivity contribution in [3.63, 3.8) is 0 Å². The number of benzene rings is 1. The third-order valence-electron chi connectivity index (χ3n) is 3.52. The number of carbonyl (C=O) groups is 1. The second-order valence-corrected chi connectivity index (χ2v) is 5.01. The Balaban J connectivity index is 2.63. The van der Waals surface area contributed by atoms with E-state index in [0.717, 1.165) is 36.3 Å². The van der Waals surface area contributed by atoms with E-state index in [0.29, 0.717) is 5.92 Å². The molecule has 3 heteroatoms. The van der Waals surface area contributed by atoms with Gasteiger partial charge in [0.25, 0.3) is 0 Å². The Bertz CT molecular complexity index is 462. The van der Waals surface area contributed by atoms with Gasteiger partial charge in [-0.2, -0.15) is 0 Å². The van der Waals surface area contributed by atoms with Crippen LogP contribution in [0.25, 0.3) is 6.08 Å². The van der Waals surface area contributed by atoms with E-state index in [1.54, 1.807) is 19.3 Å². The second-order valence-electron chi connectivity index (χ2n) is 5.01. The van der Waals surface area contributed by atoms with Gasteiger partial charge in [-0.3, -0.25) is 4.79 Å². The summed E-state index contributed by atoms with van der Waals surface area (Å²) < 4.78 is 5.28. The summed E-state index contributed by atoms with van der Waals surface area (Å²) in [7, 11) is 1.63. The normalized spacial score (nSPS) is 11.1. The Morgan fingerprint density at radius 3 is 2.65 bits per heavy atom. The molecule has 0 saturated heterocycles. The molecule has 0 aliphatic heterocycles. The number of hydrogen-bond acceptors (Lipinski definition) is 2. The van der Waals surface area contributed by atoms with Gasteiger partial charge in [-0.15, -0.1) is 0 Å². The molecule has 0 aromatic heterocycles. The number of aryl methyl sites for hydroxylation is 1. The van der Waals surface area contributed by atoms with Gasteiger partial charge in [0, 0.05) is 18.2 Å². The minimum absolute atomic E-state index is 0.0551. The molecule has 1 rings (SSSR count). The number of amides is 1. The SMILES string of the molecule is CCC(CC)CNC(=O)/C=C/c1cc(C)ccc1OC. The fourth-order valence-electron chi connectivity index (χ4n) is 2.03. The fourth-order valence-corrected chi connectivity index (χ4v) is 2.03. The summed E-state index contributed by atoms with van der Waals surface area (Å²) in [4.78, 5) is 11.8. The van der Waals surface area contributed by atoms with Crippen molar-refractivity contribution in [1.29, 1.82) is 0 Å². The summed E-state index contributed by atoms with van der Waals surface area (Å²) in [6.07, 6.45) is 5.55. The minimum Gasteiger partial charge on any atom is -0.496 e. The molecule has 20 heavy (non-hydrogen) atoms. The summed E-state index contributed by atoms with van der Waals surface area (Å²) >= 11 is 0. The molecule has 0 heterocycles. The maximum Gasteiger partial charge on any atom is 0.244 e. The highest BCUT2D eigenvalue weighted by molar-refractivity contribution is 5.92. The van der Waals surface area contributed by atoms with Crippen molar-refractivity contribution in [2.75, 3.05) is 13.7 Å². The maximum absolute atomic E-state index is 11.8. The quantitative estimate of drug-likeness (QED) is 0.773. The van der Waals surface area contributed by atoms with E-state index in [1.807, 2.05) is 25.1 Å². The van der Waals surface area contributed by atoms with Crippen molar-refractivity contribution >= 4 is 12.0 Å². The molecule has 0 fully saturated rings. The molecule has 1 N–H and O–H groups in total. The van der Waals surface area contributed by atoms with Crippen LogP contribution in [0.5, 0.6) is 5.75 Å². The monoisotopic (exact) mass is 275 g/mol. The van der Waals surface area contributed by atoms with Crippen LogP contribution in [-0.2, 0) is 4.79 Å². The Kier molecular flexibility index (Phi) is 6.85. The van der Waals surface area contributed by atoms with Crippen molar-refractivity contribution in [2.24, 2.45) is 5.92 Å². The van der Waals surface area contributed by atoms with Crippen LogP contribution in [0, 0.1) is 12.8 Å². The molecule has 0 unspecified atom stereocenters. The zero-order valence-corrected chi connectivity index (χ0v) is 12.9. The molecule has 0 atom stereocenters. The first-order valence-electron chi connectivity index (χ1n) is 7.21. The molecular formula is C17H25NO2. The lowest BCUT2D eigenvalue weighted by molar-refractivity contribution is -0.116. The number of ether oxygens (including phenoxy) is 1. The lowest BCUT2D eigenvalue weighted by atomic mass is 10.0. The molecule has 1 aromatic rings. The molecule has 3 nitrogen and oxygen atoms in total. The average Bonchev–Trinajstić information content (AvgIpc) is 2.46. The molecule has 1 amide bonds. The van der Waals surface area contributed by atoms with E-state index in [1.165, 1.54) is 0 Å². The first-order valence-corrected chi connectivity index (χ1v) is 7.21. The molecule has 110 valence electrons. The Labute approximate surface area is 122 Å². The van der Waals surface area contributed by atoms with Gasteiger partial charge < -0.3 is 10.1 Å². The van der Waals surface area contributed by atoms with Crippen LogP contribution >= 0.6 is 0 Å². The summed E-state index contributed by atoms with van der Waals surface area (Å²) in [5.74, 6) is 1.28. The fraction of sp³-hybridized carbons (Fsp3) is 0.471. The first kappa shape index (κ1) is 16.3. The predicted octanol–water partition coefficient (Wildman–Crippen LogP) is 3.57. The summed E-state index contributed by atoms with van der Waals surface area (Å²) in [5, 5.41) is 2.94. The first-order chi connectivity index (χ1) is 9.60. The number of nitrogens with one attached hydrogen (secondary N) is 1. The van der Waals surface area contributed by atoms with E-state index in [2.05, 4.69) is 19.2 Å². The Morgan fingerprint density at radius 1 is 1.35 bits per heavy atom. The van der Waals surface area contributed by atoms with Gasteiger partial charge in [0.05, 0.1) is 7.11 Å². The van der Waals surface area contributed by atoms with Crippen molar-refractivity contribution in [2.45, 2.75) is 33.6 Å². The zero-order valence-electron chi connectivity index (χ0n) is 12.9. The maximum atomic E-state index is 11.8. The van der Waals surface area contributed by atoms with E-state index in [-0.39, 0.29) is 5.91 Å². The summed E-state index contributed by atoms with van der Waals surface area (Å²) in [6, 6.07) is 5.91. The van der Waals surface area contributed by atoms with Crippen molar-refractivity contribution in [1.82, 2.24) is 5.32 Å². The Hall–Kier alpha value is -1.77. The standard InChI is InChI=1S/C17H25NO2/c1-5-14(6-2)12-18-17(19)10-8-15-11-13(3)7-9-16(15)20-4/h7-11,14H,5-6,12H2,1-4H3,(H,18,19)/b10-8+. The lowest BCUT2D eigenvalue weighted by Gasteiger charge is -2.12. The number of hydrogen-bond donors (Lipinski definition) is 1. The van der Waals surface area contributed by atoms with Gasteiger partial charge in [0.15, 0.2) is 0 Å². The zero-order chi connectivity index (χ0) is 15.0. The minimum atomic E-state index is -0.0551. The molecule has 0 aliphatic carbocycles. The van der Waals surface area contributed by atoms with Gasteiger partial charge >= 0.3 is 0 Å². The van der Waals surface area contributed by atoms with Gasteiger partial charge in [-0.05, 0) is 31.1 Å². The molecule has 0 radical (unpaired) electrons. The smallest absolute Gasteiger partial charge is 0.244 e. The molecule has 1 aromatic carbocycles. The van der Waals surface area contributed by atoms with Crippen LogP contribution in [0.15, 0.2) is 24.3 Å². The number of rotatable bonds is 7. The van der Waals surface area contributed by atoms with Crippen LogP contribution in [0.3, 0.4) is 0 Å². The van der Waals surface area contributed by atoms with Crippen molar-refractivity contribution < 1.29 is 9.53 Å². The largest absolute Gasteiger partial charge is 0.496 e. The van der Waals surface area contributed by atoms with Crippen LogP contribution in [-0.4, -0.2) is 19.6 Å². The van der Waals surface area contributed by atoms with Crippen LogP contribution in [0.2, 0.25) is 0 Å². The number of methoxy groups -OCH3 is 1. The van der Waals surface area contributed by atoms with E-state index < -0.39 is 0 Å². The second kappa shape index (κ2) is 8.41.